The lowest BCUT2D eigenvalue weighted by Crippen LogP contribution is -2.29. The maximum absolute atomic E-state index is 4.47. The molecule has 0 aliphatic carbocycles. The lowest BCUT2D eigenvalue weighted by molar-refractivity contribution is 0.320. The van der Waals surface area contributed by atoms with Crippen molar-refractivity contribution in [2.45, 2.75) is 20.0 Å². The van der Waals surface area contributed by atoms with Crippen LogP contribution >= 0.6 is 11.3 Å². The minimum absolute atomic E-state index is 0.824. The van der Waals surface area contributed by atoms with Crippen molar-refractivity contribution < 1.29 is 0 Å². The van der Waals surface area contributed by atoms with Crippen LogP contribution in [0.1, 0.15) is 16.4 Å². The lowest BCUT2D eigenvalue weighted by Gasteiger charge is -2.15. The molecule has 0 unspecified atom stereocenters. The summed E-state index contributed by atoms with van der Waals surface area (Å²) >= 11 is 1.71. The average Bonchev–Trinajstić information content (AvgIpc) is 2.81. The number of hydrogen-bond donors (Lipinski definition) is 1. The zero-order valence-corrected chi connectivity index (χ0v) is 12.3. The van der Waals surface area contributed by atoms with E-state index in [1.54, 1.807) is 11.3 Å². The summed E-state index contributed by atoms with van der Waals surface area (Å²) in [5.74, 6) is 0. The molecule has 2 aromatic rings. The Morgan fingerprint density at radius 1 is 1.32 bits per heavy atom. The van der Waals surface area contributed by atoms with Crippen LogP contribution in [0.25, 0.3) is 0 Å². The zero-order chi connectivity index (χ0) is 13.5. The first-order chi connectivity index (χ1) is 9.24. The largest absolute Gasteiger partial charge is 0.310 e. The summed E-state index contributed by atoms with van der Waals surface area (Å²) in [5.41, 5.74) is 2.25. The summed E-state index contributed by atoms with van der Waals surface area (Å²) in [6.07, 6.45) is 1.83. The molecule has 0 atom stereocenters. The van der Waals surface area contributed by atoms with E-state index in [0.29, 0.717) is 0 Å². The van der Waals surface area contributed by atoms with Gasteiger partial charge in [0.2, 0.25) is 0 Å². The molecule has 0 aliphatic rings. The first kappa shape index (κ1) is 14.1. The third-order valence-electron chi connectivity index (χ3n) is 2.80. The van der Waals surface area contributed by atoms with Gasteiger partial charge in [-0.25, -0.2) is 4.98 Å². The van der Waals surface area contributed by atoms with E-state index < -0.39 is 0 Å². The van der Waals surface area contributed by atoms with Crippen LogP contribution in [-0.2, 0) is 13.1 Å². The maximum Gasteiger partial charge on any atom is 0.0897 e. The molecule has 0 aromatic carbocycles. The van der Waals surface area contributed by atoms with Crippen LogP contribution in [0.4, 0.5) is 0 Å². The zero-order valence-electron chi connectivity index (χ0n) is 11.5. The fourth-order valence-electron chi connectivity index (χ4n) is 1.83. The molecule has 0 amide bonds. The van der Waals surface area contributed by atoms with Crippen molar-refractivity contribution in [1.29, 1.82) is 0 Å². The van der Waals surface area contributed by atoms with Crippen molar-refractivity contribution in [3.63, 3.8) is 0 Å². The number of pyridine rings is 1. The van der Waals surface area contributed by atoms with Crippen LogP contribution in [0.5, 0.6) is 0 Å². The normalized spacial score (nSPS) is 11.1. The topological polar surface area (TPSA) is 41.1 Å². The quantitative estimate of drug-likeness (QED) is 0.786. The second-order valence-electron chi connectivity index (χ2n) is 4.59. The Labute approximate surface area is 118 Å². The van der Waals surface area contributed by atoms with Gasteiger partial charge in [-0.1, -0.05) is 6.07 Å². The van der Waals surface area contributed by atoms with Crippen LogP contribution in [0.15, 0.2) is 29.8 Å². The van der Waals surface area contributed by atoms with E-state index >= 15 is 0 Å². The van der Waals surface area contributed by atoms with Gasteiger partial charge in [0, 0.05) is 37.8 Å². The molecule has 1 N–H and O–H groups in total. The van der Waals surface area contributed by atoms with Crippen LogP contribution in [0.3, 0.4) is 0 Å². The lowest BCUT2D eigenvalue weighted by atomic mass is 10.3. The number of aryl methyl sites for hydroxylation is 1. The van der Waals surface area contributed by atoms with Crippen LogP contribution < -0.4 is 5.32 Å². The monoisotopic (exact) mass is 276 g/mol. The second-order valence-corrected chi connectivity index (χ2v) is 5.66. The maximum atomic E-state index is 4.47. The molecule has 0 aliphatic heterocycles. The summed E-state index contributed by atoms with van der Waals surface area (Å²) in [5, 5.41) is 6.67. The minimum Gasteiger partial charge on any atom is -0.310 e. The summed E-state index contributed by atoms with van der Waals surface area (Å²) in [4.78, 5) is 11.0. The summed E-state index contributed by atoms with van der Waals surface area (Å²) in [6.45, 7) is 5.74. The number of likely N-dealkylation sites (N-methyl/N-ethyl adjacent to an activating group) is 1. The van der Waals surface area contributed by atoms with Gasteiger partial charge in [-0.2, -0.15) is 0 Å². The molecular formula is C14H20N4S. The van der Waals surface area contributed by atoms with Crippen molar-refractivity contribution in [3.05, 3.63) is 46.2 Å². The van der Waals surface area contributed by atoms with E-state index in [4.69, 9.17) is 0 Å². The standard InChI is InChI=1S/C14H20N4S/c1-12-17-14(11-19-12)10-18(2)8-7-15-9-13-5-3-4-6-16-13/h3-6,11,15H,7-10H2,1-2H3. The number of aromatic nitrogens is 2. The number of nitrogens with one attached hydrogen (secondary N) is 1. The van der Waals surface area contributed by atoms with Gasteiger partial charge in [-0.05, 0) is 26.1 Å². The molecule has 2 rings (SSSR count). The third kappa shape index (κ3) is 5.06. The molecule has 2 aromatic heterocycles. The highest BCUT2D eigenvalue weighted by Gasteiger charge is 2.03. The van der Waals surface area contributed by atoms with Crippen molar-refractivity contribution in [1.82, 2.24) is 20.2 Å². The molecule has 0 radical (unpaired) electrons. The summed E-state index contributed by atoms with van der Waals surface area (Å²) < 4.78 is 0. The predicted octanol–water partition coefficient (Wildman–Crippen LogP) is 2.07. The molecule has 19 heavy (non-hydrogen) atoms. The summed E-state index contributed by atoms with van der Waals surface area (Å²) in [6, 6.07) is 5.99. The molecule has 0 bridgehead atoms. The van der Waals surface area contributed by atoms with E-state index in [1.165, 1.54) is 0 Å². The van der Waals surface area contributed by atoms with E-state index in [1.807, 2.05) is 31.3 Å². The fourth-order valence-corrected chi connectivity index (χ4v) is 2.43. The Morgan fingerprint density at radius 3 is 2.89 bits per heavy atom. The Balaban J connectivity index is 1.63. The van der Waals surface area contributed by atoms with Gasteiger partial charge in [0.25, 0.3) is 0 Å². The second kappa shape index (κ2) is 7.33. The Morgan fingerprint density at radius 2 is 2.21 bits per heavy atom. The molecule has 0 fully saturated rings. The third-order valence-corrected chi connectivity index (χ3v) is 3.62. The van der Waals surface area contributed by atoms with E-state index in [9.17, 15) is 0 Å². The molecule has 0 spiro atoms. The average molecular weight is 276 g/mol. The molecular weight excluding hydrogens is 256 g/mol. The molecule has 0 saturated heterocycles. The summed E-state index contributed by atoms with van der Waals surface area (Å²) in [7, 11) is 2.12. The Hall–Kier alpha value is -1.30. The first-order valence-electron chi connectivity index (χ1n) is 6.44. The highest BCUT2D eigenvalue weighted by atomic mass is 32.1. The SMILES string of the molecule is Cc1nc(CN(C)CCNCc2ccccn2)cs1. The van der Waals surface area contributed by atoms with E-state index in [-0.39, 0.29) is 0 Å². The number of hydrogen-bond acceptors (Lipinski definition) is 5. The Kier molecular flexibility index (Phi) is 5.44. The van der Waals surface area contributed by atoms with Crippen LogP contribution in [0, 0.1) is 6.92 Å². The molecule has 5 heteroatoms. The van der Waals surface area contributed by atoms with Gasteiger partial charge in [-0.15, -0.1) is 11.3 Å². The van der Waals surface area contributed by atoms with Gasteiger partial charge in [0.05, 0.1) is 16.4 Å². The first-order valence-corrected chi connectivity index (χ1v) is 7.32. The van der Waals surface area contributed by atoms with Crippen molar-refractivity contribution in [3.8, 4) is 0 Å². The van der Waals surface area contributed by atoms with Crippen molar-refractivity contribution in [2.24, 2.45) is 0 Å². The number of thiazole rings is 1. The molecule has 0 saturated carbocycles. The van der Waals surface area contributed by atoms with Gasteiger partial charge < -0.3 is 5.32 Å². The van der Waals surface area contributed by atoms with Crippen molar-refractivity contribution in [2.75, 3.05) is 20.1 Å². The van der Waals surface area contributed by atoms with Gasteiger partial charge in [0.15, 0.2) is 0 Å². The Bertz CT molecular complexity index is 483. The number of nitrogens with zero attached hydrogens (tertiary/aromatic N) is 3. The van der Waals surface area contributed by atoms with Gasteiger partial charge in [0.1, 0.15) is 0 Å². The molecule has 4 nitrogen and oxygen atoms in total. The fraction of sp³-hybridized carbons (Fsp3) is 0.429. The van der Waals surface area contributed by atoms with E-state index in [0.717, 1.165) is 42.6 Å². The highest BCUT2D eigenvalue weighted by molar-refractivity contribution is 7.09. The number of rotatable bonds is 7. The smallest absolute Gasteiger partial charge is 0.0897 e. The van der Waals surface area contributed by atoms with Crippen LogP contribution in [0.2, 0.25) is 0 Å². The van der Waals surface area contributed by atoms with Crippen LogP contribution in [-0.4, -0.2) is 35.0 Å². The van der Waals surface area contributed by atoms with Crippen molar-refractivity contribution >= 4 is 11.3 Å². The van der Waals surface area contributed by atoms with Gasteiger partial charge in [-0.3, -0.25) is 9.88 Å². The molecule has 2 heterocycles. The predicted molar refractivity (Wildman–Crippen MR) is 79.1 cm³/mol. The highest BCUT2D eigenvalue weighted by Crippen LogP contribution is 2.09. The minimum atomic E-state index is 0.824. The van der Waals surface area contributed by atoms with E-state index in [2.05, 4.69) is 32.6 Å². The molecule has 102 valence electrons. The van der Waals surface area contributed by atoms with Gasteiger partial charge >= 0.3 is 0 Å².